The van der Waals surface area contributed by atoms with Gasteiger partial charge in [-0.25, -0.2) is 9.97 Å². The maximum atomic E-state index is 11.2. The first kappa shape index (κ1) is 11.6. The third-order valence-electron chi connectivity index (χ3n) is 1.58. The summed E-state index contributed by atoms with van der Waals surface area (Å²) in [5, 5.41) is 2.70. The van der Waals surface area contributed by atoms with Gasteiger partial charge in [-0.05, 0) is 13.0 Å². The van der Waals surface area contributed by atoms with Crippen molar-refractivity contribution in [3.8, 4) is 0 Å². The van der Waals surface area contributed by atoms with E-state index in [0.29, 0.717) is 0 Å². The van der Waals surface area contributed by atoms with Gasteiger partial charge in [-0.3, -0.25) is 10.1 Å². The average molecular weight is 228 g/mol. The highest BCUT2D eigenvalue weighted by Gasteiger charge is 2.05. The van der Waals surface area contributed by atoms with Gasteiger partial charge in [-0.1, -0.05) is 11.6 Å². The maximum absolute atomic E-state index is 11.2. The topological polar surface area (TPSA) is 72.0 Å². The van der Waals surface area contributed by atoms with E-state index in [1.54, 1.807) is 0 Å². The van der Waals surface area contributed by atoms with Crippen LogP contribution in [0.1, 0.15) is 19.8 Å². The standard InChI is InChI=1S/C9H10ClN3O2/c1-6(14)2-3-8(15)13-9-11-5-4-7(10)12-9/h4-5H,2-3H2,1H3,(H,11,12,13,15). The van der Waals surface area contributed by atoms with E-state index >= 15 is 0 Å². The molecule has 0 saturated heterocycles. The number of carbonyl (C=O) groups is 2. The van der Waals surface area contributed by atoms with Gasteiger partial charge >= 0.3 is 0 Å². The molecule has 1 amide bonds. The van der Waals surface area contributed by atoms with Crippen LogP contribution in [0.5, 0.6) is 0 Å². The van der Waals surface area contributed by atoms with Crippen LogP contribution in [0, 0.1) is 0 Å². The first-order valence-corrected chi connectivity index (χ1v) is 4.73. The molecule has 1 aromatic heterocycles. The number of Topliss-reactive ketones (excluding diaryl/α,β-unsaturated/α-hetero) is 1. The van der Waals surface area contributed by atoms with Gasteiger partial charge in [0.2, 0.25) is 11.9 Å². The van der Waals surface area contributed by atoms with Crippen LogP contribution in [0.2, 0.25) is 5.15 Å². The van der Waals surface area contributed by atoms with Crippen molar-refractivity contribution in [2.45, 2.75) is 19.8 Å². The summed E-state index contributed by atoms with van der Waals surface area (Å²) in [6.07, 6.45) is 1.79. The smallest absolute Gasteiger partial charge is 0.230 e. The Bertz CT molecular complexity index is 381. The first-order valence-electron chi connectivity index (χ1n) is 4.36. The molecule has 0 spiro atoms. The van der Waals surface area contributed by atoms with Gasteiger partial charge in [0, 0.05) is 19.0 Å². The van der Waals surface area contributed by atoms with Crippen molar-refractivity contribution < 1.29 is 9.59 Å². The molecule has 80 valence electrons. The minimum absolute atomic E-state index is 0.0304. The molecule has 6 heteroatoms. The minimum Gasteiger partial charge on any atom is -0.300 e. The van der Waals surface area contributed by atoms with E-state index in [-0.39, 0.29) is 35.6 Å². The van der Waals surface area contributed by atoms with Gasteiger partial charge in [-0.2, -0.15) is 0 Å². The summed E-state index contributed by atoms with van der Waals surface area (Å²) in [6, 6.07) is 1.51. The van der Waals surface area contributed by atoms with Crippen LogP contribution < -0.4 is 5.32 Å². The van der Waals surface area contributed by atoms with Crippen LogP contribution in [0.25, 0.3) is 0 Å². The van der Waals surface area contributed by atoms with Crippen LogP contribution in [-0.4, -0.2) is 21.7 Å². The lowest BCUT2D eigenvalue weighted by molar-refractivity contribution is -0.121. The number of aromatic nitrogens is 2. The lowest BCUT2D eigenvalue weighted by Crippen LogP contribution is -2.14. The minimum atomic E-state index is -0.299. The SMILES string of the molecule is CC(=O)CCC(=O)Nc1nccc(Cl)n1. The zero-order valence-corrected chi connectivity index (χ0v) is 8.91. The Morgan fingerprint density at radius 3 is 2.80 bits per heavy atom. The predicted molar refractivity (Wildman–Crippen MR) is 55.6 cm³/mol. The Morgan fingerprint density at radius 2 is 2.20 bits per heavy atom. The fourth-order valence-corrected chi connectivity index (χ4v) is 1.01. The van der Waals surface area contributed by atoms with Crippen molar-refractivity contribution in [1.29, 1.82) is 0 Å². The normalized spacial score (nSPS) is 9.73. The van der Waals surface area contributed by atoms with Gasteiger partial charge in [0.1, 0.15) is 10.9 Å². The highest BCUT2D eigenvalue weighted by atomic mass is 35.5. The molecule has 0 aliphatic heterocycles. The molecule has 5 nitrogen and oxygen atoms in total. The highest BCUT2D eigenvalue weighted by molar-refractivity contribution is 6.29. The Hall–Kier alpha value is -1.49. The largest absolute Gasteiger partial charge is 0.300 e. The third-order valence-corrected chi connectivity index (χ3v) is 1.79. The average Bonchev–Trinajstić information content (AvgIpc) is 2.15. The molecule has 0 bridgehead atoms. The molecule has 1 aromatic rings. The molecule has 0 saturated carbocycles. The van der Waals surface area contributed by atoms with Crippen molar-refractivity contribution in [3.63, 3.8) is 0 Å². The molecule has 1 rings (SSSR count). The lowest BCUT2D eigenvalue weighted by atomic mass is 10.2. The quantitative estimate of drug-likeness (QED) is 0.790. The number of rotatable bonds is 4. The monoisotopic (exact) mass is 227 g/mol. The van der Waals surface area contributed by atoms with E-state index in [1.165, 1.54) is 19.2 Å². The Morgan fingerprint density at radius 1 is 1.47 bits per heavy atom. The molecule has 0 fully saturated rings. The van der Waals surface area contributed by atoms with Crippen LogP contribution in [0.15, 0.2) is 12.3 Å². The van der Waals surface area contributed by atoms with Gasteiger partial charge in [0.25, 0.3) is 0 Å². The van der Waals surface area contributed by atoms with Crippen molar-refractivity contribution >= 4 is 29.2 Å². The Balaban J connectivity index is 2.48. The summed E-state index contributed by atoms with van der Waals surface area (Å²) in [5.74, 6) is -0.180. The fourth-order valence-electron chi connectivity index (χ4n) is 0.874. The summed E-state index contributed by atoms with van der Waals surface area (Å²) in [7, 11) is 0. The number of anilines is 1. The van der Waals surface area contributed by atoms with Gasteiger partial charge in [-0.15, -0.1) is 0 Å². The Labute approximate surface area is 91.9 Å². The number of amides is 1. The van der Waals surface area contributed by atoms with E-state index < -0.39 is 0 Å². The predicted octanol–water partition coefficient (Wildman–Crippen LogP) is 1.44. The number of hydrogen-bond acceptors (Lipinski definition) is 4. The summed E-state index contributed by atoms with van der Waals surface area (Å²) in [4.78, 5) is 29.4. The van der Waals surface area contributed by atoms with Crippen LogP contribution in [-0.2, 0) is 9.59 Å². The number of nitrogens with one attached hydrogen (secondary N) is 1. The van der Waals surface area contributed by atoms with Crippen molar-refractivity contribution in [1.82, 2.24) is 9.97 Å². The number of ketones is 1. The summed E-state index contributed by atoms with van der Waals surface area (Å²) >= 11 is 5.60. The van der Waals surface area contributed by atoms with Gasteiger partial charge in [0.05, 0.1) is 0 Å². The summed E-state index contributed by atoms with van der Waals surface area (Å²) < 4.78 is 0. The van der Waals surface area contributed by atoms with E-state index in [1.807, 2.05) is 0 Å². The molecule has 0 aromatic carbocycles. The molecule has 0 aliphatic carbocycles. The molecule has 1 N–H and O–H groups in total. The molecule has 0 atom stereocenters. The molecule has 0 radical (unpaired) electrons. The second-order valence-corrected chi connectivity index (χ2v) is 3.34. The molecule has 1 heterocycles. The zero-order valence-electron chi connectivity index (χ0n) is 8.16. The number of halogens is 1. The molecular weight excluding hydrogens is 218 g/mol. The van der Waals surface area contributed by atoms with Crippen LogP contribution in [0.3, 0.4) is 0 Å². The number of carbonyl (C=O) groups excluding carboxylic acids is 2. The lowest BCUT2D eigenvalue weighted by Gasteiger charge is -2.01. The second kappa shape index (κ2) is 5.41. The van der Waals surface area contributed by atoms with E-state index in [9.17, 15) is 9.59 Å². The van der Waals surface area contributed by atoms with Crippen LogP contribution in [0.4, 0.5) is 5.95 Å². The fraction of sp³-hybridized carbons (Fsp3) is 0.333. The Kier molecular flexibility index (Phi) is 4.17. The van der Waals surface area contributed by atoms with E-state index in [0.717, 1.165) is 0 Å². The molecule has 0 unspecified atom stereocenters. The van der Waals surface area contributed by atoms with Crippen molar-refractivity contribution in [2.24, 2.45) is 0 Å². The first-order chi connectivity index (χ1) is 7.08. The van der Waals surface area contributed by atoms with Crippen molar-refractivity contribution in [3.05, 3.63) is 17.4 Å². The maximum Gasteiger partial charge on any atom is 0.230 e. The van der Waals surface area contributed by atoms with Crippen LogP contribution >= 0.6 is 11.6 Å². The van der Waals surface area contributed by atoms with Gasteiger partial charge < -0.3 is 4.79 Å². The third kappa shape index (κ3) is 4.51. The second-order valence-electron chi connectivity index (χ2n) is 2.95. The molecular formula is C9H10ClN3O2. The van der Waals surface area contributed by atoms with Gasteiger partial charge in [0.15, 0.2) is 0 Å². The van der Waals surface area contributed by atoms with E-state index in [4.69, 9.17) is 11.6 Å². The van der Waals surface area contributed by atoms with Crippen molar-refractivity contribution in [2.75, 3.05) is 5.32 Å². The zero-order chi connectivity index (χ0) is 11.3. The highest BCUT2D eigenvalue weighted by Crippen LogP contribution is 2.06. The molecule has 0 aliphatic rings. The number of nitrogens with zero attached hydrogens (tertiary/aromatic N) is 2. The number of hydrogen-bond donors (Lipinski definition) is 1. The van der Waals surface area contributed by atoms with E-state index in [2.05, 4.69) is 15.3 Å². The summed E-state index contributed by atoms with van der Waals surface area (Å²) in [5.41, 5.74) is 0. The summed E-state index contributed by atoms with van der Waals surface area (Å²) in [6.45, 7) is 1.43. The molecule has 15 heavy (non-hydrogen) atoms.